The summed E-state index contributed by atoms with van der Waals surface area (Å²) in [4.78, 5) is 0. The van der Waals surface area contributed by atoms with Gasteiger partial charge in [0, 0.05) is 18.2 Å². The topological polar surface area (TPSA) is 38.7 Å². The highest BCUT2D eigenvalue weighted by Gasteiger charge is 2.59. The van der Waals surface area contributed by atoms with Crippen LogP contribution < -0.4 is 4.74 Å². The van der Waals surface area contributed by atoms with Crippen LogP contribution in [0.25, 0.3) is 0 Å². The summed E-state index contributed by atoms with van der Waals surface area (Å²) in [6, 6.07) is 15.3. The van der Waals surface area contributed by atoms with E-state index in [2.05, 4.69) is 0 Å². The molecule has 0 unspecified atom stereocenters. The third kappa shape index (κ3) is 1.60. The average Bonchev–Trinajstić information content (AvgIpc) is 2.68. The SMILES string of the molecule is CO[C@@]1(c2ccccc2)Oc2ccc(C)cc2[C@@]1(C)O. The van der Waals surface area contributed by atoms with Crippen LogP contribution in [0.1, 0.15) is 23.6 Å². The molecule has 0 spiro atoms. The fourth-order valence-electron chi connectivity index (χ4n) is 2.90. The van der Waals surface area contributed by atoms with E-state index in [1.54, 1.807) is 14.0 Å². The molecule has 3 nitrogen and oxygen atoms in total. The first-order valence-electron chi connectivity index (χ1n) is 6.64. The minimum absolute atomic E-state index is 0.659. The molecule has 20 heavy (non-hydrogen) atoms. The average molecular weight is 270 g/mol. The minimum atomic E-state index is -1.26. The summed E-state index contributed by atoms with van der Waals surface area (Å²) < 4.78 is 11.7. The van der Waals surface area contributed by atoms with Crippen molar-refractivity contribution in [1.29, 1.82) is 0 Å². The summed E-state index contributed by atoms with van der Waals surface area (Å²) in [6.07, 6.45) is 0. The van der Waals surface area contributed by atoms with E-state index in [1.165, 1.54) is 0 Å². The van der Waals surface area contributed by atoms with Crippen LogP contribution in [0.5, 0.6) is 5.75 Å². The molecule has 0 bridgehead atoms. The molecule has 0 fully saturated rings. The molecule has 0 saturated heterocycles. The molecule has 0 saturated carbocycles. The van der Waals surface area contributed by atoms with Gasteiger partial charge in [0.05, 0.1) is 0 Å². The van der Waals surface area contributed by atoms with Crippen molar-refractivity contribution in [1.82, 2.24) is 0 Å². The molecule has 0 radical (unpaired) electrons. The van der Waals surface area contributed by atoms with Crippen LogP contribution in [0.3, 0.4) is 0 Å². The number of ether oxygens (including phenoxy) is 2. The molecule has 1 heterocycles. The first kappa shape index (κ1) is 13.2. The molecule has 3 rings (SSSR count). The van der Waals surface area contributed by atoms with Crippen molar-refractivity contribution in [2.45, 2.75) is 25.2 Å². The van der Waals surface area contributed by atoms with Gasteiger partial charge < -0.3 is 14.6 Å². The van der Waals surface area contributed by atoms with Crippen LogP contribution in [-0.2, 0) is 16.1 Å². The second kappa shape index (κ2) is 4.33. The monoisotopic (exact) mass is 270 g/mol. The fourth-order valence-corrected chi connectivity index (χ4v) is 2.90. The van der Waals surface area contributed by atoms with Crippen LogP contribution in [0.4, 0.5) is 0 Å². The number of benzene rings is 2. The van der Waals surface area contributed by atoms with Gasteiger partial charge in [0.2, 0.25) is 0 Å². The van der Waals surface area contributed by atoms with E-state index in [0.29, 0.717) is 5.75 Å². The Labute approximate surface area is 118 Å². The lowest BCUT2D eigenvalue weighted by atomic mass is 9.84. The molecule has 2 aromatic rings. The van der Waals surface area contributed by atoms with E-state index in [-0.39, 0.29) is 0 Å². The van der Waals surface area contributed by atoms with Crippen molar-refractivity contribution in [3.05, 3.63) is 65.2 Å². The molecule has 1 N–H and O–H groups in total. The molecule has 0 amide bonds. The highest BCUT2D eigenvalue weighted by atomic mass is 16.7. The third-order valence-corrected chi connectivity index (χ3v) is 4.00. The maximum atomic E-state index is 11.1. The van der Waals surface area contributed by atoms with Gasteiger partial charge in [-0.25, -0.2) is 0 Å². The molecule has 2 atom stereocenters. The summed E-state index contributed by atoms with van der Waals surface area (Å²) in [5.74, 6) is -0.559. The largest absolute Gasteiger partial charge is 0.454 e. The van der Waals surface area contributed by atoms with Gasteiger partial charge in [0.1, 0.15) is 5.75 Å². The highest BCUT2D eigenvalue weighted by Crippen LogP contribution is 2.53. The summed E-state index contributed by atoms with van der Waals surface area (Å²) in [6.45, 7) is 3.72. The van der Waals surface area contributed by atoms with Gasteiger partial charge in [-0.1, -0.05) is 42.0 Å². The number of methoxy groups -OCH3 is 1. The van der Waals surface area contributed by atoms with Crippen molar-refractivity contribution < 1.29 is 14.6 Å². The van der Waals surface area contributed by atoms with E-state index in [4.69, 9.17) is 9.47 Å². The summed E-state index contributed by atoms with van der Waals surface area (Å²) in [5.41, 5.74) is 1.36. The first-order valence-corrected chi connectivity index (χ1v) is 6.64. The van der Waals surface area contributed by atoms with Gasteiger partial charge in [-0.2, -0.15) is 0 Å². The van der Waals surface area contributed by atoms with Crippen LogP contribution >= 0.6 is 0 Å². The van der Waals surface area contributed by atoms with Crippen LogP contribution in [0.2, 0.25) is 0 Å². The van der Waals surface area contributed by atoms with Crippen LogP contribution in [0, 0.1) is 6.92 Å². The van der Waals surface area contributed by atoms with Gasteiger partial charge in [-0.05, 0) is 26.0 Å². The Morgan fingerprint density at radius 1 is 1.10 bits per heavy atom. The van der Waals surface area contributed by atoms with Crippen molar-refractivity contribution in [2.24, 2.45) is 0 Å². The molecular formula is C17H18O3. The summed E-state index contributed by atoms with van der Waals surface area (Å²) in [5, 5.41) is 11.1. The Morgan fingerprint density at radius 3 is 2.45 bits per heavy atom. The van der Waals surface area contributed by atoms with Gasteiger partial charge >= 0.3 is 0 Å². The highest BCUT2D eigenvalue weighted by molar-refractivity contribution is 5.48. The predicted octanol–water partition coefficient (Wildman–Crippen LogP) is 3.09. The van der Waals surface area contributed by atoms with E-state index < -0.39 is 11.4 Å². The summed E-state index contributed by atoms with van der Waals surface area (Å²) in [7, 11) is 1.56. The maximum absolute atomic E-state index is 11.1. The quantitative estimate of drug-likeness (QED) is 0.911. The molecule has 0 aromatic heterocycles. The van der Waals surface area contributed by atoms with E-state index in [1.807, 2.05) is 55.5 Å². The van der Waals surface area contributed by atoms with Gasteiger partial charge in [-0.3, -0.25) is 0 Å². The predicted molar refractivity (Wildman–Crippen MR) is 76.5 cm³/mol. The van der Waals surface area contributed by atoms with Crippen LogP contribution in [0.15, 0.2) is 48.5 Å². The number of aliphatic hydroxyl groups is 1. The zero-order valence-corrected chi connectivity index (χ0v) is 11.9. The number of hydrogen-bond donors (Lipinski definition) is 1. The molecule has 104 valence electrons. The molecule has 0 aliphatic carbocycles. The standard InChI is InChI=1S/C17H18O3/c1-12-9-10-15-14(11-12)16(2,18)17(19-3,20-15)13-7-5-4-6-8-13/h4-11,18H,1-3H3/t16-,17+/m1/s1. The smallest absolute Gasteiger partial charge is 0.270 e. The number of hydrogen-bond acceptors (Lipinski definition) is 3. The van der Waals surface area contributed by atoms with Crippen molar-refractivity contribution in [3.8, 4) is 5.75 Å². The zero-order chi connectivity index (χ0) is 14.4. The van der Waals surface area contributed by atoms with E-state index in [9.17, 15) is 5.11 Å². The van der Waals surface area contributed by atoms with Gasteiger partial charge in [0.15, 0.2) is 5.60 Å². The van der Waals surface area contributed by atoms with Crippen molar-refractivity contribution in [2.75, 3.05) is 7.11 Å². The van der Waals surface area contributed by atoms with E-state index in [0.717, 1.165) is 16.7 Å². The van der Waals surface area contributed by atoms with Gasteiger partial charge in [-0.15, -0.1) is 0 Å². The number of rotatable bonds is 2. The Kier molecular flexibility index (Phi) is 2.85. The van der Waals surface area contributed by atoms with Crippen molar-refractivity contribution >= 4 is 0 Å². The summed E-state index contributed by atoms with van der Waals surface area (Å²) >= 11 is 0. The number of aryl methyl sites for hydroxylation is 1. The van der Waals surface area contributed by atoms with Crippen LogP contribution in [-0.4, -0.2) is 12.2 Å². The molecule has 2 aromatic carbocycles. The molecule has 1 aliphatic heterocycles. The molecule has 3 heteroatoms. The number of fused-ring (bicyclic) bond motifs is 1. The van der Waals surface area contributed by atoms with Gasteiger partial charge in [0.25, 0.3) is 5.79 Å². The first-order chi connectivity index (χ1) is 9.51. The zero-order valence-electron chi connectivity index (χ0n) is 11.9. The second-order valence-electron chi connectivity index (χ2n) is 5.36. The van der Waals surface area contributed by atoms with E-state index >= 15 is 0 Å². The normalized spacial score (nSPS) is 28.0. The fraction of sp³-hybridized carbons (Fsp3) is 0.294. The third-order valence-electron chi connectivity index (χ3n) is 4.00. The Bertz CT molecular complexity index is 634. The Morgan fingerprint density at radius 2 is 1.80 bits per heavy atom. The lowest BCUT2D eigenvalue weighted by Crippen LogP contribution is -2.48. The lowest BCUT2D eigenvalue weighted by Gasteiger charge is -2.37. The van der Waals surface area contributed by atoms with Crippen molar-refractivity contribution in [3.63, 3.8) is 0 Å². The maximum Gasteiger partial charge on any atom is 0.270 e. The lowest BCUT2D eigenvalue weighted by molar-refractivity contribution is -0.263. The Hall–Kier alpha value is -1.84. The molecular weight excluding hydrogens is 252 g/mol. The molecule has 1 aliphatic rings. The Balaban J connectivity index is 2.21. The minimum Gasteiger partial charge on any atom is -0.454 e. The second-order valence-corrected chi connectivity index (χ2v) is 5.36.